The van der Waals surface area contributed by atoms with E-state index in [9.17, 15) is 9.32 Å². The highest BCUT2D eigenvalue weighted by Gasteiger charge is 2.33. The van der Waals surface area contributed by atoms with Crippen LogP contribution in [0.4, 0.5) is 0 Å². The Labute approximate surface area is 69.8 Å². The van der Waals surface area contributed by atoms with Gasteiger partial charge in [-0.25, -0.2) is 8.93 Å². The molecule has 1 saturated carbocycles. The van der Waals surface area contributed by atoms with Gasteiger partial charge in [0.25, 0.3) is 0 Å². The van der Waals surface area contributed by atoms with E-state index in [-0.39, 0.29) is 0 Å². The molecule has 0 aromatic carbocycles. The molecule has 66 valence electrons. The molecule has 1 fully saturated rings. The predicted octanol–water partition coefficient (Wildman–Crippen LogP) is 0.175. The first-order chi connectivity index (χ1) is 5.12. The summed E-state index contributed by atoms with van der Waals surface area (Å²) in [4.78, 5) is 0. The summed E-state index contributed by atoms with van der Waals surface area (Å²) in [6.45, 7) is 0.652. The van der Waals surface area contributed by atoms with Crippen molar-refractivity contribution in [3.8, 4) is 0 Å². The van der Waals surface area contributed by atoms with Crippen LogP contribution in [0.25, 0.3) is 0 Å². The smallest absolute Gasteiger partial charge is 0.0883 e. The maximum Gasteiger partial charge on any atom is 0.0883 e. The highest BCUT2D eigenvalue weighted by atomic mass is 32.2. The van der Waals surface area contributed by atoms with Gasteiger partial charge in [-0.05, 0) is 25.7 Å². The average Bonchev–Trinajstić information content (AvgIpc) is 1.83. The molecule has 0 amide bonds. The van der Waals surface area contributed by atoms with Gasteiger partial charge in [-0.15, -0.1) is 0 Å². The minimum atomic E-state index is -0.939. The SMILES string of the molecule is CS(=O)NCCC1(O)CCC1. The van der Waals surface area contributed by atoms with Crippen LogP contribution in [0.2, 0.25) is 0 Å². The van der Waals surface area contributed by atoms with E-state index in [1.54, 1.807) is 6.26 Å². The van der Waals surface area contributed by atoms with E-state index < -0.39 is 16.6 Å². The van der Waals surface area contributed by atoms with Gasteiger partial charge in [-0.3, -0.25) is 0 Å². The second-order valence-corrected chi connectivity index (χ2v) is 4.37. The van der Waals surface area contributed by atoms with Gasteiger partial charge in [0, 0.05) is 12.8 Å². The van der Waals surface area contributed by atoms with Crippen LogP contribution in [0.5, 0.6) is 0 Å². The number of nitrogens with one attached hydrogen (secondary N) is 1. The minimum absolute atomic E-state index is 0.438. The average molecular weight is 177 g/mol. The third kappa shape index (κ3) is 2.89. The van der Waals surface area contributed by atoms with Gasteiger partial charge in [0.1, 0.15) is 0 Å². The van der Waals surface area contributed by atoms with E-state index >= 15 is 0 Å². The van der Waals surface area contributed by atoms with Gasteiger partial charge in [0.2, 0.25) is 0 Å². The van der Waals surface area contributed by atoms with Crippen molar-refractivity contribution in [1.82, 2.24) is 4.72 Å². The molecule has 0 aromatic rings. The van der Waals surface area contributed by atoms with E-state index in [1.165, 1.54) is 0 Å². The molecular formula is C7H15NO2S. The lowest BCUT2D eigenvalue weighted by molar-refractivity contribution is -0.0384. The standard InChI is InChI=1S/C7H15NO2S/c1-11(10)8-6-5-7(9)3-2-4-7/h8-9H,2-6H2,1H3. The summed E-state index contributed by atoms with van der Waals surface area (Å²) in [5.74, 6) is 0. The molecule has 0 bridgehead atoms. The third-order valence-corrected chi connectivity index (χ3v) is 2.79. The third-order valence-electron chi connectivity index (χ3n) is 2.18. The summed E-state index contributed by atoms with van der Waals surface area (Å²) in [6, 6.07) is 0. The van der Waals surface area contributed by atoms with Gasteiger partial charge in [0.15, 0.2) is 0 Å². The number of hydrogen-bond acceptors (Lipinski definition) is 2. The molecule has 4 heteroatoms. The van der Waals surface area contributed by atoms with Crippen molar-refractivity contribution in [3.05, 3.63) is 0 Å². The zero-order valence-corrected chi connectivity index (χ0v) is 7.62. The summed E-state index contributed by atoms with van der Waals surface area (Å²) in [6.07, 6.45) is 5.28. The molecule has 1 unspecified atom stereocenters. The van der Waals surface area contributed by atoms with Gasteiger partial charge in [-0.2, -0.15) is 0 Å². The van der Waals surface area contributed by atoms with Gasteiger partial charge >= 0.3 is 0 Å². The molecule has 0 radical (unpaired) electrons. The van der Waals surface area contributed by atoms with Gasteiger partial charge in [-0.1, -0.05) is 0 Å². The molecule has 1 aliphatic rings. The van der Waals surface area contributed by atoms with Crippen LogP contribution < -0.4 is 4.72 Å². The molecule has 0 saturated heterocycles. The zero-order valence-electron chi connectivity index (χ0n) is 6.80. The van der Waals surface area contributed by atoms with Crippen molar-refractivity contribution in [2.24, 2.45) is 0 Å². The molecule has 1 rings (SSSR count). The first-order valence-electron chi connectivity index (χ1n) is 3.92. The number of rotatable bonds is 4. The van der Waals surface area contributed by atoms with Crippen molar-refractivity contribution >= 4 is 11.0 Å². The maximum atomic E-state index is 10.6. The molecule has 0 spiro atoms. The molecule has 3 nitrogen and oxygen atoms in total. The fraction of sp³-hybridized carbons (Fsp3) is 1.00. The van der Waals surface area contributed by atoms with Crippen molar-refractivity contribution in [2.45, 2.75) is 31.3 Å². The molecule has 0 heterocycles. The Morgan fingerprint density at radius 2 is 2.27 bits per heavy atom. The Morgan fingerprint density at radius 1 is 1.64 bits per heavy atom. The lowest BCUT2D eigenvalue weighted by Gasteiger charge is -2.36. The monoisotopic (exact) mass is 177 g/mol. The Bertz CT molecular complexity index is 157. The summed E-state index contributed by atoms with van der Waals surface area (Å²) >= 11 is 0. The molecule has 1 aliphatic carbocycles. The highest BCUT2D eigenvalue weighted by molar-refractivity contribution is 7.82. The van der Waals surface area contributed by atoms with Crippen LogP contribution >= 0.6 is 0 Å². The van der Waals surface area contributed by atoms with E-state index in [1.807, 2.05) is 0 Å². The Balaban J connectivity index is 2.07. The quantitative estimate of drug-likeness (QED) is 0.643. The highest BCUT2D eigenvalue weighted by Crippen LogP contribution is 2.33. The first kappa shape index (κ1) is 9.16. The second kappa shape index (κ2) is 3.65. The minimum Gasteiger partial charge on any atom is -0.390 e. The molecule has 11 heavy (non-hydrogen) atoms. The van der Waals surface area contributed by atoms with Crippen LogP contribution in [0.3, 0.4) is 0 Å². The summed E-state index contributed by atoms with van der Waals surface area (Å²) in [5.41, 5.74) is -0.438. The van der Waals surface area contributed by atoms with Crippen molar-refractivity contribution < 1.29 is 9.32 Å². The number of aliphatic hydroxyl groups is 1. The topological polar surface area (TPSA) is 49.3 Å². The van der Waals surface area contributed by atoms with Crippen LogP contribution in [-0.2, 0) is 11.0 Å². The zero-order chi connectivity index (χ0) is 8.32. The molecule has 0 aromatic heterocycles. The predicted molar refractivity (Wildman–Crippen MR) is 45.5 cm³/mol. The van der Waals surface area contributed by atoms with Crippen molar-refractivity contribution in [2.75, 3.05) is 12.8 Å². The Kier molecular flexibility index (Phi) is 3.04. The second-order valence-electron chi connectivity index (χ2n) is 3.18. The lowest BCUT2D eigenvalue weighted by atomic mass is 9.78. The van der Waals surface area contributed by atoms with E-state index in [4.69, 9.17) is 0 Å². The summed E-state index contributed by atoms with van der Waals surface area (Å²) < 4.78 is 13.3. The van der Waals surface area contributed by atoms with Crippen molar-refractivity contribution in [3.63, 3.8) is 0 Å². The van der Waals surface area contributed by atoms with Crippen LogP contribution in [0.1, 0.15) is 25.7 Å². The van der Waals surface area contributed by atoms with Crippen LogP contribution in [0.15, 0.2) is 0 Å². The van der Waals surface area contributed by atoms with Gasteiger partial charge in [0.05, 0.1) is 16.6 Å². The fourth-order valence-corrected chi connectivity index (χ4v) is 1.65. The van der Waals surface area contributed by atoms with E-state index in [0.29, 0.717) is 6.54 Å². The Morgan fingerprint density at radius 3 is 2.64 bits per heavy atom. The molecular weight excluding hydrogens is 162 g/mol. The van der Waals surface area contributed by atoms with Crippen LogP contribution in [0, 0.1) is 0 Å². The van der Waals surface area contributed by atoms with Crippen molar-refractivity contribution in [1.29, 1.82) is 0 Å². The normalized spacial score (nSPS) is 24.2. The van der Waals surface area contributed by atoms with Gasteiger partial charge < -0.3 is 5.11 Å². The van der Waals surface area contributed by atoms with Crippen LogP contribution in [-0.4, -0.2) is 27.7 Å². The first-order valence-corrected chi connectivity index (χ1v) is 5.47. The molecule has 2 N–H and O–H groups in total. The number of hydrogen-bond donors (Lipinski definition) is 2. The Hall–Kier alpha value is 0.0700. The summed E-state index contributed by atoms with van der Waals surface area (Å²) in [5, 5.41) is 9.58. The molecule has 0 aliphatic heterocycles. The fourth-order valence-electron chi connectivity index (χ4n) is 1.26. The van der Waals surface area contributed by atoms with E-state index in [2.05, 4.69) is 4.72 Å². The summed E-state index contributed by atoms with van der Waals surface area (Å²) in [7, 11) is -0.939. The lowest BCUT2D eigenvalue weighted by Crippen LogP contribution is -2.39. The molecule has 1 atom stereocenters. The van der Waals surface area contributed by atoms with E-state index in [0.717, 1.165) is 25.7 Å². The maximum absolute atomic E-state index is 10.6. The largest absolute Gasteiger partial charge is 0.390 e.